The van der Waals surface area contributed by atoms with Crippen LogP contribution in [0, 0.1) is 13.8 Å². The first-order chi connectivity index (χ1) is 8.11. The lowest BCUT2D eigenvalue weighted by Crippen LogP contribution is -2.00. The van der Waals surface area contributed by atoms with Gasteiger partial charge in [-0.3, -0.25) is 0 Å². The molecular formula is C14H17N3. The fourth-order valence-electron chi connectivity index (χ4n) is 2.01. The van der Waals surface area contributed by atoms with E-state index in [4.69, 9.17) is 5.73 Å². The SMILES string of the molecule is C=CCn1cnc(-c2cc(C)cc(C)c2)c1N. The molecule has 0 spiro atoms. The third-order valence-corrected chi connectivity index (χ3v) is 2.70. The van der Waals surface area contributed by atoms with Crippen molar-refractivity contribution in [3.8, 4) is 11.3 Å². The average Bonchev–Trinajstić information content (AvgIpc) is 2.60. The summed E-state index contributed by atoms with van der Waals surface area (Å²) in [6, 6.07) is 6.34. The third-order valence-electron chi connectivity index (χ3n) is 2.70. The van der Waals surface area contributed by atoms with E-state index in [0.717, 1.165) is 11.3 Å². The van der Waals surface area contributed by atoms with Crippen molar-refractivity contribution in [1.82, 2.24) is 9.55 Å². The second-order valence-corrected chi connectivity index (χ2v) is 4.30. The molecule has 0 aliphatic rings. The predicted octanol–water partition coefficient (Wildman–Crippen LogP) is 2.94. The molecule has 1 aromatic heterocycles. The Morgan fingerprint density at radius 2 is 1.94 bits per heavy atom. The van der Waals surface area contributed by atoms with E-state index in [1.165, 1.54) is 11.1 Å². The maximum atomic E-state index is 6.07. The molecule has 0 amide bonds. The van der Waals surface area contributed by atoms with Gasteiger partial charge in [0.1, 0.15) is 11.5 Å². The van der Waals surface area contributed by atoms with Crippen LogP contribution in [0.3, 0.4) is 0 Å². The molecule has 2 rings (SSSR count). The van der Waals surface area contributed by atoms with Crippen molar-refractivity contribution in [2.24, 2.45) is 0 Å². The summed E-state index contributed by atoms with van der Waals surface area (Å²) in [6.07, 6.45) is 3.56. The molecule has 0 aliphatic heterocycles. The summed E-state index contributed by atoms with van der Waals surface area (Å²) >= 11 is 0. The largest absolute Gasteiger partial charge is 0.383 e. The Bertz CT molecular complexity index is 532. The normalized spacial score (nSPS) is 10.5. The number of allylic oxidation sites excluding steroid dienone is 1. The van der Waals surface area contributed by atoms with Gasteiger partial charge in [0.2, 0.25) is 0 Å². The lowest BCUT2D eigenvalue weighted by molar-refractivity contribution is 0.833. The molecule has 2 aromatic rings. The molecule has 1 heterocycles. The van der Waals surface area contributed by atoms with Gasteiger partial charge in [0.25, 0.3) is 0 Å². The number of aromatic nitrogens is 2. The highest BCUT2D eigenvalue weighted by molar-refractivity contribution is 5.71. The van der Waals surface area contributed by atoms with Crippen molar-refractivity contribution in [3.05, 3.63) is 48.3 Å². The fraction of sp³-hybridized carbons (Fsp3) is 0.214. The van der Waals surface area contributed by atoms with Gasteiger partial charge in [-0.2, -0.15) is 0 Å². The van der Waals surface area contributed by atoms with Crippen LogP contribution in [0.25, 0.3) is 11.3 Å². The lowest BCUT2D eigenvalue weighted by atomic mass is 10.1. The van der Waals surface area contributed by atoms with Crippen molar-refractivity contribution < 1.29 is 0 Å². The van der Waals surface area contributed by atoms with E-state index in [0.29, 0.717) is 12.4 Å². The minimum absolute atomic E-state index is 0.684. The zero-order valence-corrected chi connectivity index (χ0v) is 10.3. The highest BCUT2D eigenvalue weighted by Crippen LogP contribution is 2.26. The molecule has 3 nitrogen and oxygen atoms in total. The molecule has 88 valence electrons. The van der Waals surface area contributed by atoms with Crippen molar-refractivity contribution in [2.75, 3.05) is 5.73 Å². The van der Waals surface area contributed by atoms with E-state index < -0.39 is 0 Å². The summed E-state index contributed by atoms with van der Waals surface area (Å²) in [6.45, 7) is 8.54. The number of nitrogen functional groups attached to an aromatic ring is 1. The van der Waals surface area contributed by atoms with E-state index in [1.54, 1.807) is 6.33 Å². The summed E-state index contributed by atoms with van der Waals surface area (Å²) < 4.78 is 1.89. The number of aryl methyl sites for hydroxylation is 2. The van der Waals surface area contributed by atoms with Gasteiger partial charge in [0, 0.05) is 12.1 Å². The number of hydrogen-bond acceptors (Lipinski definition) is 2. The topological polar surface area (TPSA) is 43.8 Å². The molecule has 0 atom stereocenters. The Hall–Kier alpha value is -2.03. The van der Waals surface area contributed by atoms with Crippen LogP contribution in [-0.4, -0.2) is 9.55 Å². The number of hydrogen-bond donors (Lipinski definition) is 1. The van der Waals surface area contributed by atoms with Crippen LogP contribution in [0.2, 0.25) is 0 Å². The number of nitrogens with two attached hydrogens (primary N) is 1. The highest BCUT2D eigenvalue weighted by atomic mass is 15.1. The zero-order chi connectivity index (χ0) is 12.4. The number of rotatable bonds is 3. The van der Waals surface area contributed by atoms with E-state index in [2.05, 4.69) is 43.6 Å². The van der Waals surface area contributed by atoms with E-state index in [-0.39, 0.29) is 0 Å². The Morgan fingerprint density at radius 3 is 2.53 bits per heavy atom. The van der Waals surface area contributed by atoms with Gasteiger partial charge in [-0.25, -0.2) is 4.98 Å². The Balaban J connectivity index is 2.49. The Labute approximate surface area is 102 Å². The number of nitrogens with zero attached hydrogens (tertiary/aromatic N) is 2. The molecule has 17 heavy (non-hydrogen) atoms. The number of anilines is 1. The van der Waals surface area contributed by atoms with Crippen molar-refractivity contribution in [1.29, 1.82) is 0 Å². The van der Waals surface area contributed by atoms with Crippen molar-refractivity contribution in [3.63, 3.8) is 0 Å². The summed E-state index contributed by atoms with van der Waals surface area (Å²) in [5.74, 6) is 0.690. The standard InChI is InChI=1S/C14H17N3/c1-4-5-17-9-16-13(14(17)15)12-7-10(2)6-11(3)8-12/h4,6-9H,1,5,15H2,2-3H3. The summed E-state index contributed by atoms with van der Waals surface area (Å²) in [7, 11) is 0. The van der Waals surface area contributed by atoms with Crippen LogP contribution in [0.15, 0.2) is 37.2 Å². The van der Waals surface area contributed by atoms with Crippen LogP contribution < -0.4 is 5.73 Å². The first-order valence-electron chi connectivity index (χ1n) is 5.62. The molecule has 0 aliphatic carbocycles. The maximum Gasteiger partial charge on any atom is 0.131 e. The third kappa shape index (κ3) is 2.23. The van der Waals surface area contributed by atoms with Gasteiger partial charge < -0.3 is 10.3 Å². The second-order valence-electron chi connectivity index (χ2n) is 4.30. The van der Waals surface area contributed by atoms with Crippen LogP contribution in [-0.2, 0) is 6.54 Å². The van der Waals surface area contributed by atoms with Gasteiger partial charge in [-0.05, 0) is 26.0 Å². The monoisotopic (exact) mass is 227 g/mol. The highest BCUT2D eigenvalue weighted by Gasteiger charge is 2.09. The van der Waals surface area contributed by atoms with Gasteiger partial charge >= 0.3 is 0 Å². The van der Waals surface area contributed by atoms with E-state index in [9.17, 15) is 0 Å². The van der Waals surface area contributed by atoms with Crippen molar-refractivity contribution >= 4 is 5.82 Å². The quantitative estimate of drug-likeness (QED) is 0.819. The van der Waals surface area contributed by atoms with Crippen LogP contribution in [0.5, 0.6) is 0 Å². The molecular weight excluding hydrogens is 210 g/mol. The molecule has 1 aromatic carbocycles. The number of imidazole rings is 1. The molecule has 3 heteroatoms. The van der Waals surface area contributed by atoms with Gasteiger partial charge in [0.05, 0.1) is 6.33 Å². The first kappa shape index (κ1) is 11.5. The number of benzene rings is 1. The Morgan fingerprint density at radius 1 is 1.29 bits per heavy atom. The van der Waals surface area contributed by atoms with Gasteiger partial charge in [0.15, 0.2) is 0 Å². The summed E-state index contributed by atoms with van der Waals surface area (Å²) in [4.78, 5) is 4.38. The minimum atomic E-state index is 0.684. The van der Waals surface area contributed by atoms with Gasteiger partial charge in [-0.1, -0.05) is 23.3 Å². The summed E-state index contributed by atoms with van der Waals surface area (Å²) in [5, 5.41) is 0. The fourth-order valence-corrected chi connectivity index (χ4v) is 2.01. The molecule has 0 saturated heterocycles. The Kier molecular flexibility index (Phi) is 3.00. The molecule has 0 bridgehead atoms. The van der Waals surface area contributed by atoms with E-state index in [1.807, 2.05) is 10.6 Å². The maximum absolute atomic E-state index is 6.07. The van der Waals surface area contributed by atoms with Gasteiger partial charge in [-0.15, -0.1) is 6.58 Å². The lowest BCUT2D eigenvalue weighted by Gasteiger charge is -2.05. The minimum Gasteiger partial charge on any atom is -0.383 e. The van der Waals surface area contributed by atoms with Crippen LogP contribution in [0.4, 0.5) is 5.82 Å². The molecule has 0 radical (unpaired) electrons. The molecule has 0 saturated carbocycles. The predicted molar refractivity (Wildman–Crippen MR) is 71.7 cm³/mol. The average molecular weight is 227 g/mol. The van der Waals surface area contributed by atoms with E-state index >= 15 is 0 Å². The van der Waals surface area contributed by atoms with Crippen LogP contribution >= 0.6 is 0 Å². The smallest absolute Gasteiger partial charge is 0.131 e. The van der Waals surface area contributed by atoms with Crippen LogP contribution in [0.1, 0.15) is 11.1 Å². The van der Waals surface area contributed by atoms with Crippen molar-refractivity contribution in [2.45, 2.75) is 20.4 Å². The molecule has 0 fully saturated rings. The first-order valence-corrected chi connectivity index (χ1v) is 5.62. The summed E-state index contributed by atoms with van der Waals surface area (Å²) in [5.41, 5.74) is 10.4. The molecule has 2 N–H and O–H groups in total. The second kappa shape index (κ2) is 4.45. The zero-order valence-electron chi connectivity index (χ0n) is 10.3. The molecule has 0 unspecified atom stereocenters.